The van der Waals surface area contributed by atoms with E-state index in [1.54, 1.807) is 56.3 Å². The monoisotopic (exact) mass is 406 g/mol. The maximum absolute atomic E-state index is 12.1. The van der Waals surface area contributed by atoms with E-state index in [9.17, 15) is 19.8 Å². The molecule has 6 nitrogen and oxygen atoms in total. The molecule has 0 aliphatic heterocycles. The molecular formula is C24H22O6. The lowest BCUT2D eigenvalue weighted by Crippen LogP contribution is -2.09. The molecular weight excluding hydrogens is 384 g/mol. The van der Waals surface area contributed by atoms with E-state index in [4.69, 9.17) is 9.47 Å². The number of aromatic carboxylic acids is 1. The van der Waals surface area contributed by atoms with Gasteiger partial charge in [0.15, 0.2) is 17.3 Å². The first-order valence-corrected chi connectivity index (χ1v) is 9.56. The van der Waals surface area contributed by atoms with Crippen molar-refractivity contribution in [1.82, 2.24) is 0 Å². The van der Waals surface area contributed by atoms with E-state index in [-0.39, 0.29) is 28.6 Å². The van der Waals surface area contributed by atoms with Gasteiger partial charge in [-0.15, -0.1) is 0 Å². The van der Waals surface area contributed by atoms with Crippen LogP contribution in [0.5, 0.6) is 11.5 Å². The van der Waals surface area contributed by atoms with Crippen LogP contribution in [-0.4, -0.2) is 35.2 Å². The highest BCUT2D eigenvalue weighted by Crippen LogP contribution is 2.37. The number of ether oxygens (including phenoxy) is 2. The van der Waals surface area contributed by atoms with Crippen molar-refractivity contribution in [3.05, 3.63) is 88.7 Å². The third-order valence-corrected chi connectivity index (χ3v) is 4.51. The predicted molar refractivity (Wildman–Crippen MR) is 113 cm³/mol. The van der Waals surface area contributed by atoms with E-state index in [0.29, 0.717) is 35.5 Å². The van der Waals surface area contributed by atoms with E-state index in [1.165, 1.54) is 18.2 Å². The van der Waals surface area contributed by atoms with E-state index < -0.39 is 5.97 Å². The first-order chi connectivity index (χ1) is 14.5. The average molecular weight is 406 g/mol. The van der Waals surface area contributed by atoms with Crippen LogP contribution in [0.3, 0.4) is 0 Å². The molecule has 30 heavy (non-hydrogen) atoms. The molecule has 0 unspecified atom stereocenters. The molecule has 0 saturated carbocycles. The van der Waals surface area contributed by atoms with Gasteiger partial charge in [-0.3, -0.25) is 4.79 Å². The summed E-state index contributed by atoms with van der Waals surface area (Å²) in [4.78, 5) is 24.0. The average Bonchev–Trinajstić information content (AvgIpc) is 2.73. The van der Waals surface area contributed by atoms with Gasteiger partial charge in [-0.25, -0.2) is 4.79 Å². The van der Waals surface area contributed by atoms with Gasteiger partial charge >= 0.3 is 5.97 Å². The van der Waals surface area contributed by atoms with Crippen LogP contribution in [0.15, 0.2) is 72.0 Å². The third-order valence-electron chi connectivity index (χ3n) is 4.51. The van der Waals surface area contributed by atoms with E-state index in [2.05, 4.69) is 0 Å². The lowest BCUT2D eigenvalue weighted by molar-refractivity contribution is -0.114. The lowest BCUT2D eigenvalue weighted by Gasteiger charge is -2.18. The minimum absolute atomic E-state index is 0.0172. The Labute approximate surface area is 174 Å². The van der Waals surface area contributed by atoms with Crippen LogP contribution in [0.25, 0.3) is 5.57 Å². The highest BCUT2D eigenvalue weighted by molar-refractivity contribution is 6.06. The number of carbonyl (C=O) groups excluding carboxylic acids is 1. The Kier molecular flexibility index (Phi) is 6.37. The van der Waals surface area contributed by atoms with Crippen molar-refractivity contribution in [2.45, 2.75) is 13.8 Å². The van der Waals surface area contributed by atoms with Crippen LogP contribution in [0, 0.1) is 0 Å². The van der Waals surface area contributed by atoms with Crippen molar-refractivity contribution in [2.75, 3.05) is 13.2 Å². The highest BCUT2D eigenvalue weighted by atomic mass is 16.5. The Hall–Kier alpha value is -3.80. The van der Waals surface area contributed by atoms with Gasteiger partial charge in [0.1, 0.15) is 0 Å². The summed E-state index contributed by atoms with van der Waals surface area (Å²) in [6, 6.07) is 11.4. The van der Waals surface area contributed by atoms with Gasteiger partial charge in [-0.1, -0.05) is 30.3 Å². The molecule has 1 aliphatic rings. The maximum atomic E-state index is 12.1. The molecule has 2 N–H and O–H groups in total. The summed E-state index contributed by atoms with van der Waals surface area (Å²) >= 11 is 0. The summed E-state index contributed by atoms with van der Waals surface area (Å²) in [6.07, 6.45) is 4.63. The van der Waals surface area contributed by atoms with E-state index >= 15 is 0 Å². The smallest absolute Gasteiger partial charge is 0.336 e. The fraction of sp³-hybridized carbons (Fsp3) is 0.167. The van der Waals surface area contributed by atoms with Crippen molar-refractivity contribution in [1.29, 1.82) is 0 Å². The summed E-state index contributed by atoms with van der Waals surface area (Å²) in [5.41, 5.74) is 2.41. The van der Waals surface area contributed by atoms with Crippen LogP contribution < -0.4 is 4.74 Å². The van der Waals surface area contributed by atoms with Gasteiger partial charge in [-0.05, 0) is 66.5 Å². The second-order valence-corrected chi connectivity index (χ2v) is 6.44. The number of allylic oxidation sites excluding steroid dienone is 4. The molecule has 3 rings (SSSR count). The van der Waals surface area contributed by atoms with Gasteiger partial charge < -0.3 is 19.7 Å². The molecule has 2 aromatic carbocycles. The number of aromatic hydroxyl groups is 1. The van der Waals surface area contributed by atoms with E-state index in [1.807, 2.05) is 0 Å². The van der Waals surface area contributed by atoms with E-state index in [0.717, 1.165) is 0 Å². The Morgan fingerprint density at radius 1 is 0.967 bits per heavy atom. The second kappa shape index (κ2) is 9.13. The maximum Gasteiger partial charge on any atom is 0.336 e. The normalized spacial score (nSPS) is 14.9. The first-order valence-electron chi connectivity index (χ1n) is 9.56. The molecule has 0 fully saturated rings. The third kappa shape index (κ3) is 4.27. The summed E-state index contributed by atoms with van der Waals surface area (Å²) in [5.74, 6) is -0.879. The SMILES string of the molecule is CCOC1=C/C(=C(/c2ccc(O)c(OCC)c2)c2ccccc2C(=O)O)C=CC1=O. The minimum atomic E-state index is -1.07. The number of hydrogen-bond donors (Lipinski definition) is 2. The van der Waals surface area contributed by atoms with Crippen molar-refractivity contribution in [3.8, 4) is 11.5 Å². The fourth-order valence-corrected chi connectivity index (χ4v) is 3.24. The van der Waals surface area contributed by atoms with Gasteiger partial charge in [0, 0.05) is 0 Å². The van der Waals surface area contributed by atoms with Crippen LogP contribution in [0.1, 0.15) is 35.3 Å². The molecule has 0 atom stereocenters. The number of rotatable bonds is 7. The zero-order valence-electron chi connectivity index (χ0n) is 16.7. The standard InChI is InChI=1S/C24H22O6/c1-3-29-21-13-15(9-11-19(21)25)23(17-7-5-6-8-18(17)24(27)28)16-10-12-20(26)22(14-16)30-4-2/h5-14,25H,3-4H2,1-2H3,(H,27,28)/b23-16-. The number of phenolic OH excluding ortho intramolecular Hbond substituents is 1. The summed E-state index contributed by atoms with van der Waals surface area (Å²) in [6.45, 7) is 4.27. The Balaban J connectivity index is 2.32. The largest absolute Gasteiger partial charge is 0.504 e. The topological polar surface area (TPSA) is 93.1 Å². The van der Waals surface area contributed by atoms with Crippen molar-refractivity contribution in [2.24, 2.45) is 0 Å². The fourth-order valence-electron chi connectivity index (χ4n) is 3.24. The van der Waals surface area contributed by atoms with Crippen LogP contribution in [0.4, 0.5) is 0 Å². The number of carbonyl (C=O) groups is 2. The quantitative estimate of drug-likeness (QED) is 0.710. The molecule has 1 aliphatic carbocycles. The number of carboxylic acids is 1. The molecule has 6 heteroatoms. The van der Waals surface area contributed by atoms with Gasteiger partial charge in [0.2, 0.25) is 5.78 Å². The second-order valence-electron chi connectivity index (χ2n) is 6.44. The summed E-state index contributed by atoms with van der Waals surface area (Å²) in [5, 5.41) is 19.8. The lowest BCUT2D eigenvalue weighted by atomic mass is 9.88. The number of ketones is 1. The van der Waals surface area contributed by atoms with Crippen molar-refractivity contribution >= 4 is 17.3 Å². The molecule has 2 aromatic rings. The Morgan fingerprint density at radius 3 is 2.33 bits per heavy atom. The summed E-state index contributed by atoms with van der Waals surface area (Å²) in [7, 11) is 0. The molecule has 0 saturated heterocycles. The molecule has 154 valence electrons. The number of carboxylic acid groups (broad SMARTS) is 1. The zero-order valence-corrected chi connectivity index (χ0v) is 16.7. The Bertz CT molecular complexity index is 1070. The van der Waals surface area contributed by atoms with Crippen molar-refractivity contribution in [3.63, 3.8) is 0 Å². The zero-order chi connectivity index (χ0) is 21.7. The summed E-state index contributed by atoms with van der Waals surface area (Å²) < 4.78 is 11.0. The molecule has 0 aromatic heterocycles. The number of hydrogen-bond acceptors (Lipinski definition) is 5. The van der Waals surface area contributed by atoms with Crippen molar-refractivity contribution < 1.29 is 29.3 Å². The van der Waals surface area contributed by atoms with Crippen LogP contribution in [-0.2, 0) is 9.53 Å². The van der Waals surface area contributed by atoms with Crippen LogP contribution >= 0.6 is 0 Å². The van der Waals surface area contributed by atoms with Gasteiger partial charge in [-0.2, -0.15) is 0 Å². The number of benzene rings is 2. The van der Waals surface area contributed by atoms with Gasteiger partial charge in [0.05, 0.1) is 18.8 Å². The number of phenols is 1. The predicted octanol–water partition coefficient (Wildman–Crippen LogP) is 4.35. The molecule has 0 spiro atoms. The molecule has 0 radical (unpaired) electrons. The molecule has 0 heterocycles. The molecule has 0 bridgehead atoms. The first kappa shape index (κ1) is 20.9. The minimum Gasteiger partial charge on any atom is -0.504 e. The van der Waals surface area contributed by atoms with Gasteiger partial charge in [0.25, 0.3) is 0 Å². The molecule has 0 amide bonds. The highest BCUT2D eigenvalue weighted by Gasteiger charge is 2.21. The Morgan fingerprint density at radius 2 is 1.67 bits per heavy atom. The van der Waals surface area contributed by atoms with Crippen LogP contribution in [0.2, 0.25) is 0 Å².